The van der Waals surface area contributed by atoms with Gasteiger partial charge >= 0.3 is 0 Å². The molecule has 41 heavy (non-hydrogen) atoms. The first-order valence-electron chi connectivity index (χ1n) is 13.6. The first-order valence-corrected chi connectivity index (χ1v) is 13.6. The summed E-state index contributed by atoms with van der Waals surface area (Å²) < 4.78 is 20.2. The number of likely N-dealkylation sites (tertiary alicyclic amines) is 1. The number of fused-ring (bicyclic) bond motifs is 1. The van der Waals surface area contributed by atoms with Crippen LogP contribution in [0.3, 0.4) is 0 Å². The summed E-state index contributed by atoms with van der Waals surface area (Å²) >= 11 is 0. The Kier molecular flexibility index (Phi) is 8.55. The average Bonchev–Trinajstić information content (AvgIpc) is 3.40. The molecule has 2 aromatic carbocycles. The quantitative estimate of drug-likeness (QED) is 0.247. The van der Waals surface area contributed by atoms with Crippen LogP contribution in [-0.4, -0.2) is 70.7 Å². The summed E-state index contributed by atoms with van der Waals surface area (Å²) in [5, 5.41) is 14.3. The lowest BCUT2D eigenvalue weighted by Crippen LogP contribution is -2.56. The number of carbonyl (C=O) groups excluding carboxylic acids is 2. The molecule has 5 rings (SSSR count). The zero-order chi connectivity index (χ0) is 28.9. The van der Waals surface area contributed by atoms with E-state index in [1.54, 1.807) is 24.4 Å². The van der Waals surface area contributed by atoms with Gasteiger partial charge in [-0.15, -0.1) is 0 Å². The van der Waals surface area contributed by atoms with E-state index < -0.39 is 11.9 Å². The Morgan fingerprint density at radius 2 is 2.05 bits per heavy atom. The Bertz CT molecular complexity index is 1560. The van der Waals surface area contributed by atoms with Crippen molar-refractivity contribution in [1.82, 2.24) is 30.7 Å². The lowest BCUT2D eigenvalue weighted by Gasteiger charge is -2.39. The number of hydrogen-bond acceptors (Lipinski definition) is 7. The average molecular weight is 560 g/mol. The number of aryl methyl sites for hydroxylation is 1. The van der Waals surface area contributed by atoms with E-state index in [-0.39, 0.29) is 24.4 Å². The predicted molar refractivity (Wildman–Crippen MR) is 154 cm³/mol. The molecule has 0 unspecified atom stereocenters. The second kappa shape index (κ2) is 12.4. The summed E-state index contributed by atoms with van der Waals surface area (Å²) in [5.41, 5.74) is 9.79. The number of nitrogens with two attached hydrogens (primary N) is 1. The molecule has 1 fully saturated rings. The second-order valence-corrected chi connectivity index (χ2v) is 10.2. The molecule has 0 radical (unpaired) electrons. The number of pyridine rings is 1. The summed E-state index contributed by atoms with van der Waals surface area (Å²) in [5.74, 6) is -0.402. The van der Waals surface area contributed by atoms with Crippen molar-refractivity contribution in [2.24, 2.45) is 5.73 Å². The van der Waals surface area contributed by atoms with Crippen molar-refractivity contribution in [2.75, 3.05) is 26.7 Å². The number of benzene rings is 2. The van der Waals surface area contributed by atoms with E-state index in [1.165, 1.54) is 13.2 Å². The minimum absolute atomic E-state index is 0.151. The summed E-state index contributed by atoms with van der Waals surface area (Å²) in [6, 6.07) is 13.2. The molecular formula is C30H34FN7O3. The third-order valence-electron chi connectivity index (χ3n) is 7.42. The van der Waals surface area contributed by atoms with Crippen LogP contribution in [0.5, 0.6) is 5.75 Å². The van der Waals surface area contributed by atoms with E-state index in [2.05, 4.69) is 25.8 Å². The molecule has 0 bridgehead atoms. The Labute approximate surface area is 237 Å². The summed E-state index contributed by atoms with van der Waals surface area (Å²) in [7, 11) is 1.49. The number of nitrogens with one attached hydrogen (secondary N) is 3. The van der Waals surface area contributed by atoms with Crippen molar-refractivity contribution in [3.63, 3.8) is 0 Å². The van der Waals surface area contributed by atoms with Crippen LogP contribution in [0, 0.1) is 12.7 Å². The number of aromatic amines is 1. The highest BCUT2D eigenvalue weighted by molar-refractivity contribution is 6.01. The van der Waals surface area contributed by atoms with Gasteiger partial charge in [-0.25, -0.2) is 4.39 Å². The first kappa shape index (κ1) is 28.2. The number of methoxy groups -OCH3 is 1. The minimum atomic E-state index is -0.493. The minimum Gasteiger partial charge on any atom is -0.496 e. The fourth-order valence-electron chi connectivity index (χ4n) is 5.37. The second-order valence-electron chi connectivity index (χ2n) is 10.2. The maximum atomic E-state index is 14.8. The molecule has 2 atom stereocenters. The largest absolute Gasteiger partial charge is 0.496 e. The maximum Gasteiger partial charge on any atom is 0.251 e. The van der Waals surface area contributed by atoms with E-state index >= 15 is 0 Å². The van der Waals surface area contributed by atoms with Crippen LogP contribution in [0.4, 0.5) is 4.39 Å². The van der Waals surface area contributed by atoms with Crippen LogP contribution in [-0.2, 0) is 11.3 Å². The van der Waals surface area contributed by atoms with E-state index in [9.17, 15) is 14.0 Å². The third-order valence-corrected chi connectivity index (χ3v) is 7.42. The van der Waals surface area contributed by atoms with Gasteiger partial charge in [0.15, 0.2) is 0 Å². The van der Waals surface area contributed by atoms with E-state index in [0.29, 0.717) is 49.4 Å². The zero-order valence-corrected chi connectivity index (χ0v) is 23.1. The van der Waals surface area contributed by atoms with Crippen molar-refractivity contribution in [1.29, 1.82) is 0 Å². The summed E-state index contributed by atoms with van der Waals surface area (Å²) in [4.78, 5) is 32.5. The molecule has 11 heteroatoms. The number of piperidine rings is 1. The zero-order valence-electron chi connectivity index (χ0n) is 23.1. The smallest absolute Gasteiger partial charge is 0.251 e. The maximum absolute atomic E-state index is 14.8. The van der Waals surface area contributed by atoms with Crippen LogP contribution in [0.25, 0.3) is 22.2 Å². The summed E-state index contributed by atoms with van der Waals surface area (Å²) in [6.07, 6.45) is 2.81. The highest BCUT2D eigenvalue weighted by Gasteiger charge is 2.34. The van der Waals surface area contributed by atoms with Crippen LogP contribution < -0.4 is 21.1 Å². The van der Waals surface area contributed by atoms with E-state index in [0.717, 1.165) is 27.9 Å². The molecule has 0 aliphatic carbocycles. The van der Waals surface area contributed by atoms with Gasteiger partial charge < -0.3 is 21.1 Å². The van der Waals surface area contributed by atoms with Crippen LogP contribution in [0.15, 0.2) is 54.7 Å². The number of hydrogen-bond donors (Lipinski definition) is 4. The first-order chi connectivity index (χ1) is 19.9. The molecule has 2 aromatic heterocycles. The third kappa shape index (κ3) is 6.21. The molecule has 10 nitrogen and oxygen atoms in total. The van der Waals surface area contributed by atoms with Gasteiger partial charge in [0.25, 0.3) is 5.91 Å². The van der Waals surface area contributed by atoms with Crippen molar-refractivity contribution >= 4 is 22.7 Å². The van der Waals surface area contributed by atoms with Gasteiger partial charge in [-0.1, -0.05) is 6.07 Å². The number of nitrogens with zero attached hydrogens (tertiary/aromatic N) is 3. The van der Waals surface area contributed by atoms with Gasteiger partial charge in [0.1, 0.15) is 17.3 Å². The monoisotopic (exact) mass is 559 g/mol. The molecule has 3 heterocycles. The molecule has 1 aliphatic heterocycles. The summed E-state index contributed by atoms with van der Waals surface area (Å²) in [6.45, 7) is 3.10. The topological polar surface area (TPSA) is 138 Å². The normalized spacial score (nSPS) is 17.4. The number of rotatable bonds is 9. The lowest BCUT2D eigenvalue weighted by molar-refractivity contribution is -0.128. The van der Waals surface area contributed by atoms with Crippen LogP contribution >= 0.6 is 0 Å². The molecule has 0 saturated carbocycles. The predicted octanol–water partition coefficient (Wildman–Crippen LogP) is 2.92. The van der Waals surface area contributed by atoms with Crippen molar-refractivity contribution in [2.45, 2.75) is 38.4 Å². The standard InChI is InChI=1S/C30H34FN7O3/c1-18-14-19(10-12-33-18)28-22-15-20(6-8-25(22)36-37-28)29(39)35-21-7-9-26(30(40)34-13-11-32)38(16-21)17-23-24(31)4-3-5-27(23)41-2/h3-6,8,10,12,14-15,21,26H,7,9,11,13,16-17,32H2,1-2H3,(H,34,40)(H,35,39)(H,36,37)/t21-,26+/m1/s1. The van der Waals surface area contributed by atoms with Crippen molar-refractivity contribution < 1.29 is 18.7 Å². The Morgan fingerprint density at radius 3 is 2.83 bits per heavy atom. The Hall–Kier alpha value is -4.35. The highest BCUT2D eigenvalue weighted by atomic mass is 19.1. The van der Waals surface area contributed by atoms with Gasteiger partial charge in [-0.05, 0) is 62.2 Å². The van der Waals surface area contributed by atoms with Crippen molar-refractivity contribution in [3.05, 3.63) is 77.4 Å². The van der Waals surface area contributed by atoms with Crippen LogP contribution in [0.2, 0.25) is 0 Å². The number of halogens is 1. The molecule has 214 valence electrons. The fraction of sp³-hybridized carbons (Fsp3) is 0.333. The van der Waals surface area contributed by atoms with E-state index in [4.69, 9.17) is 10.5 Å². The molecule has 1 saturated heterocycles. The van der Waals surface area contributed by atoms with E-state index in [1.807, 2.05) is 36.1 Å². The van der Waals surface area contributed by atoms with Gasteiger partial charge in [-0.2, -0.15) is 5.10 Å². The number of carbonyl (C=O) groups is 2. The van der Waals surface area contributed by atoms with Gasteiger partial charge in [0, 0.05) is 66.2 Å². The number of ether oxygens (including phenoxy) is 1. The highest BCUT2D eigenvalue weighted by Crippen LogP contribution is 2.29. The molecular weight excluding hydrogens is 525 g/mol. The Balaban J connectivity index is 1.36. The SMILES string of the molecule is COc1cccc(F)c1CN1C[C@H](NC(=O)c2ccc3[nH]nc(-c4ccnc(C)c4)c3c2)CC[C@H]1C(=O)NCCN. The number of H-pyrrole nitrogens is 1. The molecule has 0 spiro atoms. The molecule has 4 aromatic rings. The van der Waals surface area contributed by atoms with Crippen molar-refractivity contribution in [3.8, 4) is 17.0 Å². The van der Waals surface area contributed by atoms with Gasteiger partial charge in [0.2, 0.25) is 5.91 Å². The fourth-order valence-corrected chi connectivity index (χ4v) is 5.37. The molecule has 1 aliphatic rings. The van der Waals surface area contributed by atoms with Gasteiger partial charge in [0.05, 0.1) is 18.7 Å². The number of aromatic nitrogens is 3. The molecule has 5 N–H and O–H groups in total. The molecule has 2 amide bonds. The van der Waals surface area contributed by atoms with Gasteiger partial charge in [-0.3, -0.25) is 24.6 Å². The lowest BCUT2D eigenvalue weighted by atomic mass is 9.96. The Morgan fingerprint density at radius 1 is 1.20 bits per heavy atom. The number of amides is 2. The van der Waals surface area contributed by atoms with Crippen LogP contribution in [0.1, 0.15) is 34.5 Å².